The van der Waals surface area contributed by atoms with E-state index in [1.54, 1.807) is 0 Å². The first kappa shape index (κ1) is 14.1. The van der Waals surface area contributed by atoms with Crippen LogP contribution >= 0.6 is 0 Å². The van der Waals surface area contributed by atoms with Crippen molar-refractivity contribution in [3.8, 4) is 0 Å². The fourth-order valence-corrected chi connectivity index (χ4v) is 3.53. The van der Waals surface area contributed by atoms with E-state index in [2.05, 4.69) is 15.9 Å². The Balaban J connectivity index is 1.65. The lowest BCUT2D eigenvalue weighted by Crippen LogP contribution is -2.43. The lowest BCUT2D eigenvalue weighted by atomic mass is 10.0. The van der Waals surface area contributed by atoms with Crippen molar-refractivity contribution in [3.05, 3.63) is 11.8 Å². The number of aliphatic hydroxyl groups excluding tert-OH is 1. The van der Waals surface area contributed by atoms with E-state index in [-0.39, 0.29) is 18.6 Å². The molecule has 1 aliphatic heterocycles. The molecule has 4 nitrogen and oxygen atoms in total. The molecule has 2 fully saturated rings. The molecule has 0 radical (unpaired) electrons. The molecule has 4 heteroatoms. The third-order valence-electron chi connectivity index (χ3n) is 4.81. The summed E-state index contributed by atoms with van der Waals surface area (Å²) in [5, 5.41) is 9.38. The smallest absolute Gasteiger partial charge is 0.241 e. The first-order valence-corrected chi connectivity index (χ1v) is 8.15. The second-order valence-corrected chi connectivity index (χ2v) is 6.39. The number of carbonyl (C=O) groups is 1. The molecule has 0 aromatic rings. The highest BCUT2D eigenvalue weighted by Gasteiger charge is 2.36. The van der Waals surface area contributed by atoms with E-state index in [0.29, 0.717) is 12.6 Å². The lowest BCUT2D eigenvalue weighted by Gasteiger charge is -2.31. The Hall–Kier alpha value is -0.870. The third-order valence-corrected chi connectivity index (χ3v) is 4.81. The van der Waals surface area contributed by atoms with Crippen molar-refractivity contribution in [2.75, 3.05) is 19.7 Å². The van der Waals surface area contributed by atoms with Gasteiger partial charge < -0.3 is 10.0 Å². The zero-order valence-electron chi connectivity index (χ0n) is 12.3. The van der Waals surface area contributed by atoms with Gasteiger partial charge in [-0.05, 0) is 57.9 Å². The molecule has 1 amide bonds. The number of amides is 1. The van der Waals surface area contributed by atoms with Gasteiger partial charge in [0.15, 0.2) is 0 Å². The maximum Gasteiger partial charge on any atom is 0.241 e. The number of aliphatic hydroxyl groups is 1. The number of rotatable bonds is 5. The van der Waals surface area contributed by atoms with Crippen LogP contribution in [0.15, 0.2) is 11.8 Å². The highest BCUT2D eigenvalue weighted by molar-refractivity contribution is 5.81. The van der Waals surface area contributed by atoms with Crippen molar-refractivity contribution >= 4 is 5.91 Å². The molecule has 0 aromatic heterocycles. The SMILES string of the molecule is O=C(CN1CCCC1CO)N(C1=CCCCC1)C1CC1. The van der Waals surface area contributed by atoms with Gasteiger partial charge >= 0.3 is 0 Å². The standard InChI is InChI=1S/C16H26N2O2/c19-12-15-7-4-10-17(15)11-16(20)18(14-8-9-14)13-5-2-1-3-6-13/h5,14-15,19H,1-4,6-12H2. The van der Waals surface area contributed by atoms with Crippen molar-refractivity contribution in [2.24, 2.45) is 0 Å². The number of nitrogens with zero attached hydrogens (tertiary/aromatic N) is 2. The van der Waals surface area contributed by atoms with Crippen LogP contribution in [0.2, 0.25) is 0 Å². The Bertz CT molecular complexity index is 390. The third kappa shape index (κ3) is 3.07. The van der Waals surface area contributed by atoms with Gasteiger partial charge in [-0.3, -0.25) is 9.69 Å². The topological polar surface area (TPSA) is 43.8 Å². The van der Waals surface area contributed by atoms with Gasteiger partial charge in [0.05, 0.1) is 13.2 Å². The van der Waals surface area contributed by atoms with Gasteiger partial charge in [0, 0.05) is 17.8 Å². The summed E-state index contributed by atoms with van der Waals surface area (Å²) in [6.07, 6.45) is 11.4. The van der Waals surface area contributed by atoms with E-state index in [9.17, 15) is 9.90 Å². The van der Waals surface area contributed by atoms with Crippen molar-refractivity contribution in [1.82, 2.24) is 9.80 Å². The molecule has 3 rings (SSSR count). The molecule has 0 aromatic carbocycles. The van der Waals surface area contributed by atoms with E-state index in [1.807, 2.05) is 0 Å². The van der Waals surface area contributed by atoms with Gasteiger partial charge in [0.1, 0.15) is 0 Å². The molecule has 1 saturated carbocycles. The Kier molecular flexibility index (Phi) is 4.41. The van der Waals surface area contributed by atoms with Crippen molar-refractivity contribution in [1.29, 1.82) is 0 Å². The minimum Gasteiger partial charge on any atom is -0.395 e. The van der Waals surface area contributed by atoms with Crippen molar-refractivity contribution < 1.29 is 9.90 Å². The molecular weight excluding hydrogens is 252 g/mol. The fraction of sp³-hybridized carbons (Fsp3) is 0.812. The predicted octanol–water partition coefficient (Wildman–Crippen LogP) is 1.89. The number of hydrogen-bond donors (Lipinski definition) is 1. The summed E-state index contributed by atoms with van der Waals surface area (Å²) >= 11 is 0. The number of allylic oxidation sites excluding steroid dienone is 2. The quantitative estimate of drug-likeness (QED) is 0.835. The van der Waals surface area contributed by atoms with E-state index in [1.165, 1.54) is 18.5 Å². The maximum absolute atomic E-state index is 12.7. The average molecular weight is 278 g/mol. The van der Waals surface area contributed by atoms with Crippen LogP contribution in [0.1, 0.15) is 51.4 Å². The number of likely N-dealkylation sites (tertiary alicyclic amines) is 1. The van der Waals surface area contributed by atoms with Gasteiger partial charge in [0.25, 0.3) is 0 Å². The van der Waals surface area contributed by atoms with E-state index >= 15 is 0 Å². The molecule has 20 heavy (non-hydrogen) atoms. The molecule has 3 aliphatic rings. The minimum atomic E-state index is 0.180. The minimum absolute atomic E-state index is 0.180. The van der Waals surface area contributed by atoms with Gasteiger partial charge in [-0.15, -0.1) is 0 Å². The molecule has 1 N–H and O–H groups in total. The van der Waals surface area contributed by atoms with Crippen LogP contribution in [0.4, 0.5) is 0 Å². The predicted molar refractivity (Wildman–Crippen MR) is 78.1 cm³/mol. The van der Waals surface area contributed by atoms with E-state index < -0.39 is 0 Å². The fourth-order valence-electron chi connectivity index (χ4n) is 3.53. The highest BCUT2D eigenvalue weighted by Crippen LogP contribution is 2.34. The van der Waals surface area contributed by atoms with Gasteiger partial charge in [-0.1, -0.05) is 6.08 Å². The molecule has 2 aliphatic carbocycles. The van der Waals surface area contributed by atoms with Crippen LogP contribution in [0.25, 0.3) is 0 Å². The van der Waals surface area contributed by atoms with Crippen LogP contribution in [0.5, 0.6) is 0 Å². The molecule has 0 spiro atoms. The first-order chi connectivity index (χ1) is 9.79. The maximum atomic E-state index is 12.7. The molecule has 1 heterocycles. The second kappa shape index (κ2) is 6.27. The summed E-state index contributed by atoms with van der Waals surface area (Å²) in [4.78, 5) is 17.0. The largest absolute Gasteiger partial charge is 0.395 e. The van der Waals surface area contributed by atoms with Crippen LogP contribution in [-0.2, 0) is 4.79 Å². The van der Waals surface area contributed by atoms with Crippen LogP contribution in [-0.4, -0.2) is 52.6 Å². The monoisotopic (exact) mass is 278 g/mol. The van der Waals surface area contributed by atoms with Gasteiger partial charge in [0.2, 0.25) is 5.91 Å². The normalized spacial score (nSPS) is 27.4. The summed E-state index contributed by atoms with van der Waals surface area (Å²) in [6.45, 7) is 1.62. The summed E-state index contributed by atoms with van der Waals surface area (Å²) in [7, 11) is 0. The lowest BCUT2D eigenvalue weighted by molar-refractivity contribution is -0.131. The van der Waals surface area contributed by atoms with Gasteiger partial charge in [-0.25, -0.2) is 0 Å². The Morgan fingerprint density at radius 2 is 2.15 bits per heavy atom. The molecular formula is C16H26N2O2. The van der Waals surface area contributed by atoms with Crippen LogP contribution in [0, 0.1) is 0 Å². The molecule has 1 atom stereocenters. The van der Waals surface area contributed by atoms with Crippen LogP contribution < -0.4 is 0 Å². The first-order valence-electron chi connectivity index (χ1n) is 8.15. The Morgan fingerprint density at radius 3 is 2.80 bits per heavy atom. The highest BCUT2D eigenvalue weighted by atomic mass is 16.3. The van der Waals surface area contributed by atoms with E-state index in [0.717, 1.165) is 45.1 Å². The second-order valence-electron chi connectivity index (χ2n) is 6.39. The molecule has 1 saturated heterocycles. The zero-order valence-corrected chi connectivity index (χ0v) is 12.3. The molecule has 112 valence electrons. The Morgan fingerprint density at radius 1 is 1.30 bits per heavy atom. The summed E-state index contributed by atoms with van der Waals surface area (Å²) in [5.74, 6) is 0.251. The number of carbonyl (C=O) groups excluding carboxylic acids is 1. The average Bonchev–Trinajstić information content (AvgIpc) is 3.19. The summed E-state index contributed by atoms with van der Waals surface area (Å²) < 4.78 is 0. The number of hydrogen-bond acceptors (Lipinski definition) is 3. The zero-order chi connectivity index (χ0) is 13.9. The Labute approximate surface area is 121 Å². The van der Waals surface area contributed by atoms with Crippen molar-refractivity contribution in [3.63, 3.8) is 0 Å². The summed E-state index contributed by atoms with van der Waals surface area (Å²) in [6, 6.07) is 0.655. The van der Waals surface area contributed by atoms with Crippen molar-refractivity contribution in [2.45, 2.75) is 63.5 Å². The van der Waals surface area contributed by atoms with Crippen LogP contribution in [0.3, 0.4) is 0 Å². The molecule has 0 bridgehead atoms. The summed E-state index contributed by atoms with van der Waals surface area (Å²) in [5.41, 5.74) is 1.27. The molecule has 1 unspecified atom stereocenters. The van der Waals surface area contributed by atoms with Gasteiger partial charge in [-0.2, -0.15) is 0 Å². The van der Waals surface area contributed by atoms with E-state index in [4.69, 9.17) is 0 Å².